The molecule has 1 fully saturated rings. The number of hydrogen-bond donors (Lipinski definition) is 0. The van der Waals surface area contributed by atoms with E-state index in [9.17, 15) is 0 Å². The van der Waals surface area contributed by atoms with Crippen LogP contribution in [0.3, 0.4) is 0 Å². The Morgan fingerprint density at radius 3 is 2.30 bits per heavy atom. The lowest BCUT2D eigenvalue weighted by molar-refractivity contribution is 0.444. The fourth-order valence-electron chi connectivity index (χ4n) is 3.22. The van der Waals surface area contributed by atoms with E-state index >= 15 is 0 Å². The summed E-state index contributed by atoms with van der Waals surface area (Å²) in [6, 6.07) is 5.16. The van der Waals surface area contributed by atoms with Gasteiger partial charge in [0.05, 0.1) is 0 Å². The maximum atomic E-state index is 4.85. The standard InChI is InChI=1S/C19H29N/c1-14-11-16(13-20-17-9-7-6-8-10-17)15(2)18(12-14)19(3,4)5/h11-13,17H,6-10H2,1-5H3. The summed E-state index contributed by atoms with van der Waals surface area (Å²) in [5, 5.41) is 0. The molecule has 1 nitrogen and oxygen atoms in total. The molecule has 1 aromatic rings. The summed E-state index contributed by atoms with van der Waals surface area (Å²) in [4.78, 5) is 4.85. The van der Waals surface area contributed by atoms with Gasteiger partial charge in [-0.3, -0.25) is 4.99 Å². The number of nitrogens with zero attached hydrogens (tertiary/aromatic N) is 1. The maximum absolute atomic E-state index is 4.85. The van der Waals surface area contributed by atoms with Gasteiger partial charge in [0.2, 0.25) is 0 Å². The van der Waals surface area contributed by atoms with E-state index in [2.05, 4.69) is 53.0 Å². The predicted molar refractivity (Wildman–Crippen MR) is 89.1 cm³/mol. The number of benzene rings is 1. The van der Waals surface area contributed by atoms with Crippen LogP contribution in [-0.4, -0.2) is 12.3 Å². The molecule has 110 valence electrons. The lowest BCUT2D eigenvalue weighted by atomic mass is 9.81. The third-order valence-corrected chi connectivity index (χ3v) is 4.40. The van der Waals surface area contributed by atoms with Gasteiger partial charge in [0.1, 0.15) is 0 Å². The second-order valence-corrected chi connectivity index (χ2v) is 7.35. The molecule has 2 rings (SSSR count). The van der Waals surface area contributed by atoms with E-state index in [1.165, 1.54) is 54.4 Å². The van der Waals surface area contributed by atoms with E-state index in [4.69, 9.17) is 4.99 Å². The maximum Gasteiger partial charge on any atom is 0.0499 e. The smallest absolute Gasteiger partial charge is 0.0499 e. The number of rotatable bonds is 2. The Labute approximate surface area is 124 Å². The van der Waals surface area contributed by atoms with Crippen LogP contribution < -0.4 is 0 Å². The van der Waals surface area contributed by atoms with Crippen molar-refractivity contribution >= 4 is 6.21 Å². The molecule has 0 N–H and O–H groups in total. The first-order valence-electron chi connectivity index (χ1n) is 8.03. The van der Waals surface area contributed by atoms with E-state index in [0.717, 1.165) is 0 Å². The van der Waals surface area contributed by atoms with Crippen molar-refractivity contribution < 1.29 is 0 Å². The Morgan fingerprint density at radius 1 is 1.05 bits per heavy atom. The van der Waals surface area contributed by atoms with Gasteiger partial charge in [0.25, 0.3) is 0 Å². The normalized spacial score (nSPS) is 17.9. The van der Waals surface area contributed by atoms with E-state index in [1.807, 2.05) is 0 Å². The van der Waals surface area contributed by atoms with Crippen molar-refractivity contribution in [1.29, 1.82) is 0 Å². The van der Waals surface area contributed by atoms with Gasteiger partial charge in [-0.05, 0) is 48.8 Å². The number of aryl methyl sites for hydroxylation is 1. The largest absolute Gasteiger partial charge is 0.289 e. The van der Waals surface area contributed by atoms with Crippen LogP contribution in [0.2, 0.25) is 0 Å². The van der Waals surface area contributed by atoms with Gasteiger partial charge >= 0.3 is 0 Å². The molecule has 0 aliphatic heterocycles. The van der Waals surface area contributed by atoms with Crippen LogP contribution in [0.5, 0.6) is 0 Å². The monoisotopic (exact) mass is 271 g/mol. The van der Waals surface area contributed by atoms with Crippen molar-refractivity contribution in [2.75, 3.05) is 0 Å². The summed E-state index contributed by atoms with van der Waals surface area (Å²) in [5.41, 5.74) is 5.68. The summed E-state index contributed by atoms with van der Waals surface area (Å²) in [5.74, 6) is 0. The molecule has 1 heteroatoms. The molecule has 0 atom stereocenters. The lowest BCUT2D eigenvalue weighted by Crippen LogP contribution is -2.15. The lowest BCUT2D eigenvalue weighted by Gasteiger charge is -2.24. The Kier molecular flexibility index (Phi) is 4.67. The first kappa shape index (κ1) is 15.3. The Morgan fingerprint density at radius 2 is 1.70 bits per heavy atom. The Hall–Kier alpha value is -1.11. The highest BCUT2D eigenvalue weighted by Gasteiger charge is 2.18. The molecular weight excluding hydrogens is 242 g/mol. The number of hydrogen-bond acceptors (Lipinski definition) is 1. The highest BCUT2D eigenvalue weighted by molar-refractivity contribution is 5.83. The SMILES string of the molecule is Cc1cc(C=NC2CCCCC2)c(C)c(C(C)(C)C)c1. The van der Waals surface area contributed by atoms with E-state index < -0.39 is 0 Å². The van der Waals surface area contributed by atoms with Crippen molar-refractivity contribution in [3.63, 3.8) is 0 Å². The van der Waals surface area contributed by atoms with Crippen molar-refractivity contribution in [3.8, 4) is 0 Å². The Balaban J connectivity index is 2.27. The van der Waals surface area contributed by atoms with Gasteiger partial charge in [-0.25, -0.2) is 0 Å². The van der Waals surface area contributed by atoms with Gasteiger partial charge in [0.15, 0.2) is 0 Å². The molecule has 0 radical (unpaired) electrons. The molecule has 1 saturated carbocycles. The van der Waals surface area contributed by atoms with Gasteiger partial charge < -0.3 is 0 Å². The van der Waals surface area contributed by atoms with Crippen molar-refractivity contribution in [2.45, 2.75) is 78.2 Å². The minimum Gasteiger partial charge on any atom is -0.289 e. The Bertz CT molecular complexity index is 485. The molecular formula is C19H29N. The van der Waals surface area contributed by atoms with Crippen LogP contribution >= 0.6 is 0 Å². The fraction of sp³-hybridized carbons (Fsp3) is 0.632. The van der Waals surface area contributed by atoms with Crippen LogP contribution in [-0.2, 0) is 5.41 Å². The molecule has 1 aliphatic carbocycles. The second-order valence-electron chi connectivity index (χ2n) is 7.35. The summed E-state index contributed by atoms with van der Waals surface area (Å²) in [7, 11) is 0. The second kappa shape index (κ2) is 6.11. The van der Waals surface area contributed by atoms with Crippen molar-refractivity contribution in [2.24, 2.45) is 4.99 Å². The molecule has 1 aliphatic rings. The number of aliphatic imine (C=N–C) groups is 1. The molecule has 0 aromatic heterocycles. The molecule has 0 saturated heterocycles. The summed E-state index contributed by atoms with van der Waals surface area (Å²) < 4.78 is 0. The summed E-state index contributed by atoms with van der Waals surface area (Å²) in [6.45, 7) is 11.3. The zero-order valence-corrected chi connectivity index (χ0v) is 13.8. The molecule has 0 unspecified atom stereocenters. The van der Waals surface area contributed by atoms with Gasteiger partial charge in [-0.2, -0.15) is 0 Å². The zero-order valence-electron chi connectivity index (χ0n) is 13.8. The summed E-state index contributed by atoms with van der Waals surface area (Å²) >= 11 is 0. The van der Waals surface area contributed by atoms with Crippen molar-refractivity contribution in [1.82, 2.24) is 0 Å². The third kappa shape index (κ3) is 3.71. The average Bonchev–Trinajstić information content (AvgIpc) is 2.39. The first-order valence-corrected chi connectivity index (χ1v) is 8.03. The van der Waals surface area contributed by atoms with E-state index in [0.29, 0.717) is 6.04 Å². The first-order chi connectivity index (χ1) is 9.38. The average molecular weight is 271 g/mol. The fourth-order valence-corrected chi connectivity index (χ4v) is 3.22. The molecule has 1 aromatic carbocycles. The van der Waals surface area contributed by atoms with Crippen LogP contribution in [0.25, 0.3) is 0 Å². The van der Waals surface area contributed by atoms with Crippen LogP contribution in [0, 0.1) is 13.8 Å². The minimum atomic E-state index is 0.198. The molecule has 0 bridgehead atoms. The minimum absolute atomic E-state index is 0.198. The predicted octanol–water partition coefficient (Wildman–Crippen LogP) is 5.35. The third-order valence-electron chi connectivity index (χ3n) is 4.40. The zero-order chi connectivity index (χ0) is 14.8. The quantitative estimate of drug-likeness (QED) is 0.643. The van der Waals surface area contributed by atoms with Gasteiger partial charge in [-0.1, -0.05) is 57.7 Å². The van der Waals surface area contributed by atoms with Crippen LogP contribution in [0.1, 0.15) is 75.1 Å². The van der Waals surface area contributed by atoms with Gasteiger partial charge in [0, 0.05) is 12.3 Å². The van der Waals surface area contributed by atoms with Gasteiger partial charge in [-0.15, -0.1) is 0 Å². The molecule has 0 spiro atoms. The van der Waals surface area contributed by atoms with Crippen LogP contribution in [0.15, 0.2) is 17.1 Å². The molecule has 0 heterocycles. The van der Waals surface area contributed by atoms with E-state index in [-0.39, 0.29) is 5.41 Å². The highest BCUT2D eigenvalue weighted by Crippen LogP contribution is 2.28. The van der Waals surface area contributed by atoms with Crippen LogP contribution in [0.4, 0.5) is 0 Å². The van der Waals surface area contributed by atoms with E-state index in [1.54, 1.807) is 0 Å². The molecule has 0 amide bonds. The highest BCUT2D eigenvalue weighted by atomic mass is 14.8. The summed E-state index contributed by atoms with van der Waals surface area (Å²) in [6.07, 6.45) is 8.77. The van der Waals surface area contributed by atoms with Crippen molar-refractivity contribution in [3.05, 3.63) is 34.4 Å². The molecule has 20 heavy (non-hydrogen) atoms. The topological polar surface area (TPSA) is 12.4 Å².